The van der Waals surface area contributed by atoms with E-state index in [-0.39, 0.29) is 0 Å². The average molecular weight is 306 g/mol. The lowest BCUT2D eigenvalue weighted by Gasteiger charge is -2.13. The maximum Gasteiger partial charge on any atom is 0.168 e. The van der Waals surface area contributed by atoms with Crippen LogP contribution in [0.15, 0.2) is 42.9 Å². The molecule has 0 bridgehead atoms. The molecule has 2 heterocycles. The van der Waals surface area contributed by atoms with Crippen molar-refractivity contribution in [1.29, 1.82) is 5.26 Å². The lowest BCUT2D eigenvalue weighted by Crippen LogP contribution is -1.95. The standard InChI is InChI=1S/C17H14N4O2/c1-22-15-7-11(8-18)6-13(17(15)23-2)14-10-20-21-16(14)12-4-3-5-19-9-12/h3-7,9-10H,1-2H3,(H,20,21). The van der Waals surface area contributed by atoms with Crippen LogP contribution < -0.4 is 9.47 Å². The molecule has 0 saturated carbocycles. The van der Waals surface area contributed by atoms with Crippen molar-refractivity contribution < 1.29 is 9.47 Å². The number of hydrogen-bond acceptors (Lipinski definition) is 5. The van der Waals surface area contributed by atoms with Crippen LogP contribution in [0.1, 0.15) is 5.56 Å². The van der Waals surface area contributed by atoms with E-state index < -0.39 is 0 Å². The zero-order valence-corrected chi connectivity index (χ0v) is 12.7. The predicted molar refractivity (Wildman–Crippen MR) is 85.1 cm³/mol. The largest absolute Gasteiger partial charge is 0.493 e. The summed E-state index contributed by atoms with van der Waals surface area (Å²) in [5.74, 6) is 1.05. The average Bonchev–Trinajstić information content (AvgIpc) is 3.10. The summed E-state index contributed by atoms with van der Waals surface area (Å²) < 4.78 is 10.8. The molecule has 0 atom stereocenters. The van der Waals surface area contributed by atoms with Gasteiger partial charge in [-0.15, -0.1) is 0 Å². The Labute approximate surface area is 133 Å². The van der Waals surface area contributed by atoms with Gasteiger partial charge in [0.05, 0.1) is 37.7 Å². The summed E-state index contributed by atoms with van der Waals surface area (Å²) in [4.78, 5) is 4.13. The Morgan fingerprint density at radius 1 is 1.13 bits per heavy atom. The van der Waals surface area contributed by atoms with Gasteiger partial charge in [-0.05, 0) is 18.2 Å². The molecule has 0 fully saturated rings. The molecule has 0 amide bonds. The molecule has 1 aromatic carbocycles. The number of hydrogen-bond donors (Lipinski definition) is 1. The number of benzene rings is 1. The number of rotatable bonds is 4. The van der Waals surface area contributed by atoms with Crippen molar-refractivity contribution in [2.45, 2.75) is 0 Å². The number of nitrogens with zero attached hydrogens (tertiary/aromatic N) is 3. The number of ether oxygens (including phenoxy) is 2. The third kappa shape index (κ3) is 2.60. The van der Waals surface area contributed by atoms with E-state index in [1.165, 1.54) is 0 Å². The number of nitriles is 1. The van der Waals surface area contributed by atoms with E-state index in [4.69, 9.17) is 9.47 Å². The molecule has 0 saturated heterocycles. The van der Waals surface area contributed by atoms with E-state index in [1.54, 1.807) is 44.9 Å². The lowest BCUT2D eigenvalue weighted by atomic mass is 9.99. The molecule has 23 heavy (non-hydrogen) atoms. The number of aromatic nitrogens is 3. The van der Waals surface area contributed by atoms with Gasteiger partial charge in [0.2, 0.25) is 0 Å². The third-order valence-electron chi connectivity index (χ3n) is 3.49. The van der Waals surface area contributed by atoms with Gasteiger partial charge < -0.3 is 9.47 Å². The molecule has 1 N–H and O–H groups in total. The van der Waals surface area contributed by atoms with E-state index >= 15 is 0 Å². The summed E-state index contributed by atoms with van der Waals surface area (Å²) >= 11 is 0. The molecule has 0 aliphatic heterocycles. The highest BCUT2D eigenvalue weighted by molar-refractivity contribution is 5.85. The highest BCUT2D eigenvalue weighted by Crippen LogP contribution is 2.42. The van der Waals surface area contributed by atoms with Crippen LogP contribution in [0.3, 0.4) is 0 Å². The smallest absolute Gasteiger partial charge is 0.168 e. The van der Waals surface area contributed by atoms with Crippen molar-refractivity contribution >= 4 is 0 Å². The quantitative estimate of drug-likeness (QED) is 0.801. The number of nitrogens with one attached hydrogen (secondary N) is 1. The molecule has 0 unspecified atom stereocenters. The maximum atomic E-state index is 9.25. The van der Waals surface area contributed by atoms with Gasteiger partial charge in [0, 0.05) is 35.2 Å². The second kappa shape index (κ2) is 6.20. The monoisotopic (exact) mass is 306 g/mol. The fourth-order valence-corrected chi connectivity index (χ4v) is 2.45. The minimum Gasteiger partial charge on any atom is -0.493 e. The van der Waals surface area contributed by atoms with E-state index in [0.717, 1.165) is 22.4 Å². The Morgan fingerprint density at radius 3 is 2.65 bits per heavy atom. The molecule has 2 aromatic heterocycles. The van der Waals surface area contributed by atoms with Gasteiger partial charge in [0.25, 0.3) is 0 Å². The number of methoxy groups -OCH3 is 2. The molecule has 0 radical (unpaired) electrons. The van der Waals surface area contributed by atoms with Crippen LogP contribution in [-0.4, -0.2) is 29.4 Å². The number of aromatic amines is 1. The lowest BCUT2D eigenvalue weighted by molar-refractivity contribution is 0.356. The van der Waals surface area contributed by atoms with Crippen LogP contribution in [0.2, 0.25) is 0 Å². The normalized spacial score (nSPS) is 10.1. The fraction of sp³-hybridized carbons (Fsp3) is 0.118. The van der Waals surface area contributed by atoms with Crippen LogP contribution in [0.5, 0.6) is 11.5 Å². The van der Waals surface area contributed by atoms with Crippen LogP contribution in [-0.2, 0) is 0 Å². The van der Waals surface area contributed by atoms with Gasteiger partial charge in [-0.25, -0.2) is 0 Å². The summed E-state index contributed by atoms with van der Waals surface area (Å²) in [6.45, 7) is 0. The molecular formula is C17H14N4O2. The summed E-state index contributed by atoms with van der Waals surface area (Å²) in [5, 5.41) is 16.4. The molecule has 6 heteroatoms. The highest BCUT2D eigenvalue weighted by Gasteiger charge is 2.19. The Hall–Kier alpha value is -3.33. The van der Waals surface area contributed by atoms with Crippen molar-refractivity contribution in [2.24, 2.45) is 0 Å². The number of pyridine rings is 1. The number of H-pyrrole nitrogens is 1. The maximum absolute atomic E-state index is 9.25. The van der Waals surface area contributed by atoms with Gasteiger partial charge in [-0.3, -0.25) is 10.1 Å². The first-order valence-electron chi connectivity index (χ1n) is 6.88. The molecule has 114 valence electrons. The van der Waals surface area contributed by atoms with Crippen LogP contribution >= 0.6 is 0 Å². The van der Waals surface area contributed by atoms with Crippen LogP contribution in [0.25, 0.3) is 22.4 Å². The fourth-order valence-electron chi connectivity index (χ4n) is 2.45. The van der Waals surface area contributed by atoms with Gasteiger partial charge in [0.15, 0.2) is 11.5 Å². The second-order valence-corrected chi connectivity index (χ2v) is 4.77. The molecule has 6 nitrogen and oxygen atoms in total. The minimum atomic E-state index is 0.482. The highest BCUT2D eigenvalue weighted by atomic mass is 16.5. The Kier molecular flexibility index (Phi) is 3.93. The van der Waals surface area contributed by atoms with Crippen LogP contribution in [0.4, 0.5) is 0 Å². The molecule has 0 aliphatic carbocycles. The minimum absolute atomic E-state index is 0.482. The van der Waals surface area contributed by atoms with Gasteiger partial charge >= 0.3 is 0 Å². The first kappa shape index (κ1) is 14.6. The van der Waals surface area contributed by atoms with E-state index in [9.17, 15) is 5.26 Å². The van der Waals surface area contributed by atoms with Crippen LogP contribution in [0, 0.1) is 11.3 Å². The van der Waals surface area contributed by atoms with E-state index in [2.05, 4.69) is 21.3 Å². The molecule has 3 rings (SSSR count). The summed E-state index contributed by atoms with van der Waals surface area (Å²) in [6.07, 6.45) is 5.15. The first-order chi connectivity index (χ1) is 11.3. The van der Waals surface area contributed by atoms with Crippen molar-refractivity contribution in [3.8, 4) is 40.0 Å². The molecule has 0 spiro atoms. The van der Waals surface area contributed by atoms with Gasteiger partial charge in [-0.2, -0.15) is 10.4 Å². The van der Waals surface area contributed by atoms with Crippen molar-refractivity contribution in [2.75, 3.05) is 14.2 Å². The zero-order chi connectivity index (χ0) is 16.2. The summed E-state index contributed by atoms with van der Waals surface area (Å²) in [5.41, 5.74) is 3.72. The van der Waals surface area contributed by atoms with E-state index in [1.807, 2.05) is 12.1 Å². The summed E-state index contributed by atoms with van der Waals surface area (Å²) in [7, 11) is 3.11. The Morgan fingerprint density at radius 2 is 2.00 bits per heavy atom. The molecular weight excluding hydrogens is 292 g/mol. The van der Waals surface area contributed by atoms with Crippen molar-refractivity contribution in [1.82, 2.24) is 15.2 Å². The van der Waals surface area contributed by atoms with Crippen molar-refractivity contribution in [3.63, 3.8) is 0 Å². The van der Waals surface area contributed by atoms with E-state index in [0.29, 0.717) is 17.1 Å². The van der Waals surface area contributed by atoms with Gasteiger partial charge in [-0.1, -0.05) is 0 Å². The Balaban J connectivity index is 2.24. The Bertz CT molecular complexity index is 866. The topological polar surface area (TPSA) is 83.8 Å². The summed E-state index contributed by atoms with van der Waals surface area (Å²) in [6, 6.07) is 9.32. The SMILES string of the molecule is COc1cc(C#N)cc(-c2cn[nH]c2-c2cccnc2)c1OC. The zero-order valence-electron chi connectivity index (χ0n) is 12.7. The van der Waals surface area contributed by atoms with Gasteiger partial charge in [0.1, 0.15) is 0 Å². The molecule has 3 aromatic rings. The third-order valence-corrected chi connectivity index (χ3v) is 3.49. The second-order valence-electron chi connectivity index (χ2n) is 4.77. The first-order valence-corrected chi connectivity index (χ1v) is 6.88. The van der Waals surface area contributed by atoms with Crippen molar-refractivity contribution in [3.05, 3.63) is 48.4 Å². The molecule has 0 aliphatic rings. The predicted octanol–water partition coefficient (Wildman–Crippen LogP) is 3.03.